The molecule has 0 saturated heterocycles. The third kappa shape index (κ3) is 2.21. The van der Waals surface area contributed by atoms with E-state index in [2.05, 4.69) is 20.8 Å². The Hall–Kier alpha value is 0. The smallest absolute Gasteiger partial charge is 0.0386 e. The molecule has 0 aromatic rings. The summed E-state index contributed by atoms with van der Waals surface area (Å²) in [5, 5.41) is 0. The summed E-state index contributed by atoms with van der Waals surface area (Å²) in [5.41, 5.74) is 0. The summed E-state index contributed by atoms with van der Waals surface area (Å²) < 4.78 is 0. The molecule has 0 bridgehead atoms. The quantitative estimate of drug-likeness (QED) is 0.579. The lowest BCUT2D eigenvalue weighted by Gasteiger charge is -2.16. The first-order chi connectivity index (χ1) is 5.27. The van der Waals surface area contributed by atoms with Crippen molar-refractivity contribution in [2.24, 2.45) is 17.8 Å². The summed E-state index contributed by atoms with van der Waals surface area (Å²) in [6.45, 7) is 7.08. The molecule has 0 nitrogen and oxygen atoms in total. The van der Waals surface area contributed by atoms with Gasteiger partial charge in [-0.15, -0.1) is 0 Å². The van der Waals surface area contributed by atoms with Gasteiger partial charge in [-0.25, -0.2) is 0 Å². The Morgan fingerprint density at radius 1 is 1.27 bits per heavy atom. The van der Waals surface area contributed by atoms with Crippen molar-refractivity contribution in [1.82, 2.24) is 0 Å². The van der Waals surface area contributed by atoms with Crippen LogP contribution in [0.15, 0.2) is 0 Å². The average molecular weight is 154 g/mol. The van der Waals surface area contributed by atoms with Crippen LogP contribution >= 0.6 is 0 Å². The minimum Gasteiger partial charge on any atom is -0.0651 e. The lowest BCUT2D eigenvalue weighted by molar-refractivity contribution is 0.342. The van der Waals surface area contributed by atoms with Crippen LogP contribution in [0.25, 0.3) is 0 Å². The van der Waals surface area contributed by atoms with E-state index in [0.29, 0.717) is 0 Å². The third-order valence-corrected chi connectivity index (χ3v) is 3.61. The van der Waals surface area contributed by atoms with E-state index in [1.807, 2.05) is 0 Å². The van der Waals surface area contributed by atoms with E-state index in [0.717, 1.165) is 17.8 Å². The van der Waals surface area contributed by atoms with E-state index in [1.54, 1.807) is 0 Å². The molecule has 0 spiro atoms. The molecular weight excluding hydrogens is 132 g/mol. The molecule has 1 rings (SSSR count). The minimum absolute atomic E-state index is 0.978. The second kappa shape index (κ2) is 4.13. The standard InChI is InChI=1S/C11H22/c1-4-9(3)11-7-6-10(5-2)8-11/h9-11H,4-8H2,1-3H3/t9-,10?,11?/m1/s1. The lowest BCUT2D eigenvalue weighted by atomic mass is 9.89. The third-order valence-electron chi connectivity index (χ3n) is 3.61. The molecule has 0 heteroatoms. The number of hydrogen-bond donors (Lipinski definition) is 0. The normalized spacial score (nSPS) is 34.1. The molecule has 11 heavy (non-hydrogen) atoms. The van der Waals surface area contributed by atoms with Crippen LogP contribution in [0.1, 0.15) is 52.9 Å². The first kappa shape index (κ1) is 9.09. The predicted octanol–water partition coefficient (Wildman–Crippen LogP) is 3.86. The van der Waals surface area contributed by atoms with E-state index in [9.17, 15) is 0 Å². The van der Waals surface area contributed by atoms with Crippen molar-refractivity contribution >= 4 is 0 Å². The Kier molecular flexibility index (Phi) is 3.42. The van der Waals surface area contributed by atoms with Crippen LogP contribution in [-0.4, -0.2) is 0 Å². The zero-order valence-corrected chi connectivity index (χ0v) is 8.27. The Bertz CT molecular complexity index is 107. The van der Waals surface area contributed by atoms with Gasteiger partial charge in [-0.3, -0.25) is 0 Å². The minimum atomic E-state index is 0.978. The fraction of sp³-hybridized carbons (Fsp3) is 1.00. The molecule has 0 aromatic carbocycles. The molecule has 3 atom stereocenters. The summed E-state index contributed by atoms with van der Waals surface area (Å²) in [6, 6.07) is 0. The van der Waals surface area contributed by atoms with Crippen LogP contribution in [0.3, 0.4) is 0 Å². The maximum absolute atomic E-state index is 2.42. The van der Waals surface area contributed by atoms with Crippen molar-refractivity contribution in [3.63, 3.8) is 0 Å². The lowest BCUT2D eigenvalue weighted by Crippen LogP contribution is -2.06. The van der Waals surface area contributed by atoms with Crippen molar-refractivity contribution in [2.75, 3.05) is 0 Å². The Balaban J connectivity index is 2.29. The first-order valence-corrected chi connectivity index (χ1v) is 5.27. The van der Waals surface area contributed by atoms with Crippen LogP contribution < -0.4 is 0 Å². The van der Waals surface area contributed by atoms with Crippen molar-refractivity contribution in [3.8, 4) is 0 Å². The van der Waals surface area contributed by atoms with E-state index in [-0.39, 0.29) is 0 Å². The first-order valence-electron chi connectivity index (χ1n) is 5.27. The van der Waals surface area contributed by atoms with E-state index in [1.165, 1.54) is 32.1 Å². The fourth-order valence-corrected chi connectivity index (χ4v) is 2.33. The molecule has 0 aromatic heterocycles. The summed E-state index contributed by atoms with van der Waals surface area (Å²) in [7, 11) is 0. The highest BCUT2D eigenvalue weighted by Gasteiger charge is 2.26. The zero-order chi connectivity index (χ0) is 8.27. The summed E-state index contributed by atoms with van der Waals surface area (Å²) in [4.78, 5) is 0. The molecule has 1 aliphatic carbocycles. The van der Waals surface area contributed by atoms with Crippen LogP contribution in [0.4, 0.5) is 0 Å². The van der Waals surface area contributed by atoms with Gasteiger partial charge in [-0.1, -0.05) is 40.0 Å². The van der Waals surface area contributed by atoms with Crippen LogP contribution in [0.2, 0.25) is 0 Å². The van der Waals surface area contributed by atoms with Gasteiger partial charge in [0.25, 0.3) is 0 Å². The van der Waals surface area contributed by atoms with Crippen LogP contribution in [-0.2, 0) is 0 Å². The van der Waals surface area contributed by atoms with Gasteiger partial charge in [-0.2, -0.15) is 0 Å². The molecular formula is C11H22. The second-order valence-corrected chi connectivity index (χ2v) is 4.23. The van der Waals surface area contributed by atoms with E-state index < -0.39 is 0 Å². The van der Waals surface area contributed by atoms with Gasteiger partial charge < -0.3 is 0 Å². The van der Waals surface area contributed by atoms with E-state index in [4.69, 9.17) is 0 Å². The molecule has 0 aliphatic heterocycles. The molecule has 0 N–H and O–H groups in total. The largest absolute Gasteiger partial charge is 0.0651 e. The van der Waals surface area contributed by atoms with Gasteiger partial charge in [0.2, 0.25) is 0 Å². The molecule has 0 radical (unpaired) electrons. The number of rotatable bonds is 3. The highest BCUT2D eigenvalue weighted by Crippen LogP contribution is 2.38. The van der Waals surface area contributed by atoms with Gasteiger partial charge in [-0.05, 0) is 30.6 Å². The molecule has 2 unspecified atom stereocenters. The summed E-state index contributed by atoms with van der Waals surface area (Å²) in [5.74, 6) is 3.10. The zero-order valence-electron chi connectivity index (χ0n) is 8.27. The average Bonchev–Trinajstić information content (AvgIpc) is 2.50. The summed E-state index contributed by atoms with van der Waals surface area (Å²) >= 11 is 0. The van der Waals surface area contributed by atoms with Gasteiger partial charge in [0, 0.05) is 0 Å². The second-order valence-electron chi connectivity index (χ2n) is 4.23. The van der Waals surface area contributed by atoms with Crippen molar-refractivity contribution in [3.05, 3.63) is 0 Å². The molecule has 66 valence electrons. The van der Waals surface area contributed by atoms with Gasteiger partial charge in [0.05, 0.1) is 0 Å². The Morgan fingerprint density at radius 3 is 2.45 bits per heavy atom. The monoisotopic (exact) mass is 154 g/mol. The fourth-order valence-electron chi connectivity index (χ4n) is 2.33. The van der Waals surface area contributed by atoms with Crippen molar-refractivity contribution in [2.45, 2.75) is 52.9 Å². The predicted molar refractivity (Wildman–Crippen MR) is 50.6 cm³/mol. The van der Waals surface area contributed by atoms with Crippen LogP contribution in [0, 0.1) is 17.8 Å². The van der Waals surface area contributed by atoms with E-state index >= 15 is 0 Å². The number of hydrogen-bond acceptors (Lipinski definition) is 0. The SMILES string of the molecule is CCC1CCC([C@H](C)CC)C1. The van der Waals surface area contributed by atoms with Gasteiger partial charge >= 0.3 is 0 Å². The maximum Gasteiger partial charge on any atom is -0.0386 e. The molecule has 0 amide bonds. The Morgan fingerprint density at radius 2 is 2.00 bits per heavy atom. The Labute approximate surface area is 71.4 Å². The molecule has 0 heterocycles. The van der Waals surface area contributed by atoms with Crippen molar-refractivity contribution < 1.29 is 0 Å². The maximum atomic E-state index is 2.42. The molecule has 1 fully saturated rings. The van der Waals surface area contributed by atoms with Gasteiger partial charge in [0.15, 0.2) is 0 Å². The highest BCUT2D eigenvalue weighted by molar-refractivity contribution is 4.77. The summed E-state index contributed by atoms with van der Waals surface area (Å²) in [6.07, 6.45) is 7.32. The van der Waals surface area contributed by atoms with Gasteiger partial charge in [0.1, 0.15) is 0 Å². The molecule has 1 saturated carbocycles. The molecule has 1 aliphatic rings. The highest BCUT2D eigenvalue weighted by atomic mass is 14.3. The van der Waals surface area contributed by atoms with Crippen LogP contribution in [0.5, 0.6) is 0 Å². The topological polar surface area (TPSA) is 0 Å². The van der Waals surface area contributed by atoms with Crippen molar-refractivity contribution in [1.29, 1.82) is 0 Å².